The van der Waals surface area contributed by atoms with Crippen molar-refractivity contribution in [2.24, 2.45) is 0 Å². The molecule has 0 saturated heterocycles. The number of carbonyl (C=O) groups excluding carboxylic acids is 1. The Balaban J connectivity index is 1.96. The van der Waals surface area contributed by atoms with Crippen LogP contribution in [0.3, 0.4) is 0 Å². The Labute approximate surface area is 166 Å². The molecule has 0 unspecified atom stereocenters. The first-order valence-electron chi connectivity index (χ1n) is 8.33. The van der Waals surface area contributed by atoms with Gasteiger partial charge in [-0.15, -0.1) is 0 Å². The first-order valence-corrected chi connectivity index (χ1v) is 8.33. The number of rotatable bonds is 5. The summed E-state index contributed by atoms with van der Waals surface area (Å²) in [6.45, 7) is 0. The van der Waals surface area contributed by atoms with E-state index in [0.717, 1.165) is 6.07 Å². The maximum Gasteiger partial charge on any atom is 0.416 e. The van der Waals surface area contributed by atoms with Gasteiger partial charge in [0.25, 0.3) is 11.4 Å². The third-order valence-electron chi connectivity index (χ3n) is 4.30. The lowest BCUT2D eigenvalue weighted by Crippen LogP contribution is -2.10. The second kappa shape index (κ2) is 7.74. The summed E-state index contributed by atoms with van der Waals surface area (Å²) in [5.41, 5.74) is -1.68. The smallest absolute Gasteiger partial charge is 0.288 e. The van der Waals surface area contributed by atoms with Crippen LogP contribution in [0.5, 0.6) is 0 Å². The Kier molecular flexibility index (Phi) is 5.33. The monoisotopic (exact) mass is 416 g/mol. The Morgan fingerprint density at radius 1 is 0.800 bits per heavy atom. The molecule has 30 heavy (non-hydrogen) atoms. The number of ketones is 1. The Bertz CT molecular complexity index is 1160. The lowest BCUT2D eigenvalue weighted by atomic mass is 9.97. The van der Waals surface area contributed by atoms with E-state index in [4.69, 9.17) is 0 Å². The number of alkyl halides is 3. The molecule has 10 heteroatoms. The first kappa shape index (κ1) is 20.6. The van der Waals surface area contributed by atoms with Crippen molar-refractivity contribution in [3.8, 4) is 11.1 Å². The molecule has 0 amide bonds. The number of hydrogen-bond acceptors (Lipinski definition) is 5. The number of nitro benzene ring substituents is 2. The number of benzene rings is 3. The van der Waals surface area contributed by atoms with Crippen molar-refractivity contribution in [2.75, 3.05) is 0 Å². The quantitative estimate of drug-likeness (QED) is 0.314. The molecule has 0 bridgehead atoms. The summed E-state index contributed by atoms with van der Waals surface area (Å²) in [6, 6.07) is 13.2. The molecule has 0 N–H and O–H groups in total. The van der Waals surface area contributed by atoms with E-state index in [9.17, 15) is 38.2 Å². The number of carbonyl (C=O) groups is 1. The maximum absolute atomic E-state index is 12.8. The molecule has 0 aliphatic heterocycles. The molecule has 0 aliphatic carbocycles. The van der Waals surface area contributed by atoms with Crippen LogP contribution in [0.15, 0.2) is 66.7 Å². The summed E-state index contributed by atoms with van der Waals surface area (Å²) in [5, 5.41) is 22.1. The molecule has 3 aromatic rings. The van der Waals surface area contributed by atoms with Gasteiger partial charge in [-0.1, -0.05) is 36.4 Å². The summed E-state index contributed by atoms with van der Waals surface area (Å²) in [4.78, 5) is 33.1. The van der Waals surface area contributed by atoms with Crippen molar-refractivity contribution in [1.82, 2.24) is 0 Å². The Morgan fingerprint density at radius 3 is 2.03 bits per heavy atom. The van der Waals surface area contributed by atoms with Gasteiger partial charge in [0.1, 0.15) is 5.56 Å². The van der Waals surface area contributed by atoms with Crippen LogP contribution < -0.4 is 0 Å². The van der Waals surface area contributed by atoms with E-state index >= 15 is 0 Å². The van der Waals surface area contributed by atoms with Gasteiger partial charge in [0.05, 0.1) is 15.4 Å². The number of non-ortho nitro benzene ring substituents is 1. The van der Waals surface area contributed by atoms with Gasteiger partial charge < -0.3 is 0 Å². The van der Waals surface area contributed by atoms with Crippen LogP contribution in [-0.2, 0) is 6.18 Å². The minimum Gasteiger partial charge on any atom is -0.288 e. The van der Waals surface area contributed by atoms with Gasteiger partial charge in [-0.3, -0.25) is 25.0 Å². The lowest BCUT2D eigenvalue weighted by molar-refractivity contribution is -0.385. The minimum atomic E-state index is -4.79. The predicted octanol–water partition coefficient (Wildman–Crippen LogP) is 5.42. The van der Waals surface area contributed by atoms with E-state index in [-0.39, 0.29) is 11.3 Å². The summed E-state index contributed by atoms with van der Waals surface area (Å²) in [6.07, 6.45) is -4.79. The second-order valence-electron chi connectivity index (χ2n) is 6.20. The molecule has 3 rings (SSSR count). The van der Waals surface area contributed by atoms with E-state index in [1.807, 2.05) is 0 Å². The largest absolute Gasteiger partial charge is 0.416 e. The zero-order chi connectivity index (χ0) is 22.1. The van der Waals surface area contributed by atoms with Gasteiger partial charge >= 0.3 is 6.18 Å². The van der Waals surface area contributed by atoms with E-state index in [1.165, 1.54) is 42.5 Å². The van der Waals surface area contributed by atoms with Crippen LogP contribution in [0.25, 0.3) is 11.1 Å². The molecule has 0 saturated carbocycles. The van der Waals surface area contributed by atoms with Crippen LogP contribution in [0.4, 0.5) is 24.5 Å². The fourth-order valence-corrected chi connectivity index (χ4v) is 2.82. The highest BCUT2D eigenvalue weighted by Gasteiger charge is 2.34. The Morgan fingerprint density at radius 2 is 1.47 bits per heavy atom. The van der Waals surface area contributed by atoms with Crippen LogP contribution in [-0.4, -0.2) is 15.6 Å². The molecule has 0 aromatic heterocycles. The van der Waals surface area contributed by atoms with Gasteiger partial charge in [0.15, 0.2) is 5.78 Å². The van der Waals surface area contributed by atoms with E-state index in [0.29, 0.717) is 23.3 Å². The van der Waals surface area contributed by atoms with Gasteiger partial charge in [0, 0.05) is 23.8 Å². The number of nitrogens with zero attached hydrogens (tertiary/aromatic N) is 2. The fraction of sp³-hybridized carbons (Fsp3) is 0.0500. The molecular weight excluding hydrogens is 405 g/mol. The molecule has 0 fully saturated rings. The normalized spacial score (nSPS) is 11.2. The van der Waals surface area contributed by atoms with E-state index < -0.39 is 38.6 Å². The van der Waals surface area contributed by atoms with Crippen molar-refractivity contribution in [1.29, 1.82) is 0 Å². The summed E-state index contributed by atoms with van der Waals surface area (Å²) in [5.74, 6) is -0.819. The van der Waals surface area contributed by atoms with E-state index in [1.54, 1.807) is 6.07 Å². The first-order chi connectivity index (χ1) is 14.1. The van der Waals surface area contributed by atoms with Crippen LogP contribution >= 0.6 is 0 Å². The molecule has 3 aromatic carbocycles. The molecule has 7 nitrogen and oxygen atoms in total. The lowest BCUT2D eigenvalue weighted by Gasteiger charge is -2.09. The predicted molar refractivity (Wildman–Crippen MR) is 100 cm³/mol. The van der Waals surface area contributed by atoms with Crippen molar-refractivity contribution < 1.29 is 27.8 Å². The highest BCUT2D eigenvalue weighted by atomic mass is 19.4. The standard InChI is InChI=1S/C20H11F3N2O5/c21-20(22,23)15-8-9-17(18(11-15)25(29)30)19(26)13-6-4-12(5-7-13)14-2-1-3-16(10-14)24(27)28/h1-11H. The van der Waals surface area contributed by atoms with Gasteiger partial charge in [-0.05, 0) is 23.3 Å². The number of hydrogen-bond donors (Lipinski definition) is 0. The van der Waals surface area contributed by atoms with Gasteiger partial charge in [-0.25, -0.2) is 0 Å². The summed E-state index contributed by atoms with van der Waals surface area (Å²) >= 11 is 0. The average Bonchev–Trinajstić information content (AvgIpc) is 2.72. The zero-order valence-electron chi connectivity index (χ0n) is 14.9. The Hall–Kier alpha value is -4.08. The van der Waals surface area contributed by atoms with Crippen LogP contribution in [0.2, 0.25) is 0 Å². The second-order valence-corrected chi connectivity index (χ2v) is 6.20. The van der Waals surface area contributed by atoms with Crippen molar-refractivity contribution >= 4 is 17.2 Å². The average molecular weight is 416 g/mol. The SMILES string of the molecule is O=C(c1ccc(-c2cccc([N+](=O)[O-])c2)cc1)c1ccc(C(F)(F)F)cc1[N+](=O)[O-]. The molecule has 152 valence electrons. The van der Waals surface area contributed by atoms with Crippen molar-refractivity contribution in [2.45, 2.75) is 6.18 Å². The van der Waals surface area contributed by atoms with Crippen LogP contribution in [0, 0.1) is 20.2 Å². The minimum absolute atomic E-state index is 0.0204. The third kappa shape index (κ3) is 4.17. The van der Waals surface area contributed by atoms with Gasteiger partial charge in [0.2, 0.25) is 0 Å². The summed E-state index contributed by atoms with van der Waals surface area (Å²) < 4.78 is 38.5. The summed E-state index contributed by atoms with van der Waals surface area (Å²) in [7, 11) is 0. The van der Waals surface area contributed by atoms with Crippen molar-refractivity contribution in [3.63, 3.8) is 0 Å². The number of halogens is 3. The zero-order valence-corrected chi connectivity index (χ0v) is 14.9. The van der Waals surface area contributed by atoms with E-state index in [2.05, 4.69) is 0 Å². The third-order valence-corrected chi connectivity index (χ3v) is 4.30. The molecule has 0 atom stereocenters. The maximum atomic E-state index is 12.8. The van der Waals surface area contributed by atoms with Gasteiger partial charge in [-0.2, -0.15) is 13.2 Å². The fourth-order valence-electron chi connectivity index (χ4n) is 2.82. The highest BCUT2D eigenvalue weighted by molar-refractivity contribution is 6.11. The molecule has 0 radical (unpaired) electrons. The molecular formula is C20H11F3N2O5. The van der Waals surface area contributed by atoms with Crippen molar-refractivity contribution in [3.05, 3.63) is 104 Å². The van der Waals surface area contributed by atoms with Crippen LogP contribution in [0.1, 0.15) is 21.5 Å². The molecule has 0 spiro atoms. The topological polar surface area (TPSA) is 103 Å². The molecule has 0 heterocycles. The highest BCUT2D eigenvalue weighted by Crippen LogP contribution is 2.34. The number of nitro groups is 2. The molecule has 0 aliphatic rings.